The molecule has 1 atom stereocenters. The lowest BCUT2D eigenvalue weighted by molar-refractivity contribution is 0.635. The van der Waals surface area contributed by atoms with Gasteiger partial charge in [-0.2, -0.15) is 0 Å². The lowest BCUT2D eigenvalue weighted by Gasteiger charge is -2.13. The largest absolute Gasteiger partial charge is 0.330 e. The van der Waals surface area contributed by atoms with Gasteiger partial charge in [0.25, 0.3) is 0 Å². The first-order valence-electron chi connectivity index (χ1n) is 6.12. The molecule has 0 aliphatic rings. The number of aromatic nitrogens is 4. The van der Waals surface area contributed by atoms with Gasteiger partial charge in [-0.05, 0) is 18.6 Å². The van der Waals surface area contributed by atoms with Crippen LogP contribution in [-0.2, 0) is 6.42 Å². The molecule has 0 aliphatic heterocycles. The minimum absolute atomic E-state index is 0.257. The zero-order valence-corrected chi connectivity index (χ0v) is 11.4. The molecule has 0 aromatic carbocycles. The molecule has 0 bridgehead atoms. The molecular weight excluding hydrogens is 256 g/mol. The average Bonchev–Trinajstić information content (AvgIpc) is 3.12. The molecule has 0 fully saturated rings. The minimum Gasteiger partial charge on any atom is -0.330 e. The summed E-state index contributed by atoms with van der Waals surface area (Å²) in [6.07, 6.45) is 10.3. The standard InChI is InChI=1S/C14H14N4S/c1-11(18-5-4-15-9-18)12-2-3-13(17-7-12)6-14-8-16-10-19-14/h2-5,7-11H,6H2,1H3. The average molecular weight is 270 g/mol. The van der Waals surface area contributed by atoms with E-state index >= 15 is 0 Å². The minimum atomic E-state index is 0.257. The summed E-state index contributed by atoms with van der Waals surface area (Å²) in [4.78, 5) is 13.9. The third-order valence-electron chi connectivity index (χ3n) is 3.14. The molecule has 0 N–H and O–H groups in total. The van der Waals surface area contributed by atoms with Crippen molar-refractivity contribution in [2.45, 2.75) is 19.4 Å². The van der Waals surface area contributed by atoms with Crippen molar-refractivity contribution in [2.75, 3.05) is 0 Å². The monoisotopic (exact) mass is 270 g/mol. The number of hydrogen-bond donors (Lipinski definition) is 0. The fraction of sp³-hybridized carbons (Fsp3) is 0.214. The second-order valence-electron chi connectivity index (χ2n) is 4.41. The van der Waals surface area contributed by atoms with E-state index in [1.54, 1.807) is 17.5 Å². The van der Waals surface area contributed by atoms with E-state index in [1.165, 1.54) is 10.4 Å². The van der Waals surface area contributed by atoms with E-state index in [-0.39, 0.29) is 6.04 Å². The molecule has 0 saturated carbocycles. The molecule has 5 heteroatoms. The summed E-state index contributed by atoms with van der Waals surface area (Å²) in [5, 5.41) is 0. The summed E-state index contributed by atoms with van der Waals surface area (Å²) >= 11 is 1.66. The summed E-state index contributed by atoms with van der Waals surface area (Å²) in [6.45, 7) is 2.14. The summed E-state index contributed by atoms with van der Waals surface area (Å²) in [5.41, 5.74) is 4.11. The third kappa shape index (κ3) is 2.71. The Balaban J connectivity index is 1.75. The molecule has 3 aromatic heterocycles. The number of pyridine rings is 1. The second kappa shape index (κ2) is 5.32. The maximum atomic E-state index is 4.53. The van der Waals surface area contributed by atoms with Crippen molar-refractivity contribution in [1.82, 2.24) is 19.5 Å². The van der Waals surface area contributed by atoms with Crippen LogP contribution in [0.2, 0.25) is 0 Å². The number of hydrogen-bond acceptors (Lipinski definition) is 4. The van der Waals surface area contributed by atoms with Crippen LogP contribution in [-0.4, -0.2) is 19.5 Å². The van der Waals surface area contributed by atoms with Crippen LogP contribution < -0.4 is 0 Å². The van der Waals surface area contributed by atoms with Gasteiger partial charge in [0.15, 0.2) is 0 Å². The molecule has 0 amide bonds. The van der Waals surface area contributed by atoms with E-state index < -0.39 is 0 Å². The molecule has 3 rings (SSSR count). The normalized spacial score (nSPS) is 12.5. The van der Waals surface area contributed by atoms with Crippen molar-refractivity contribution in [3.05, 3.63) is 64.9 Å². The van der Waals surface area contributed by atoms with E-state index in [0.717, 1.165) is 12.1 Å². The van der Waals surface area contributed by atoms with Crippen LogP contribution in [0.25, 0.3) is 0 Å². The lowest BCUT2D eigenvalue weighted by atomic mass is 10.1. The zero-order valence-electron chi connectivity index (χ0n) is 10.6. The van der Waals surface area contributed by atoms with Crippen LogP contribution >= 0.6 is 11.3 Å². The lowest BCUT2D eigenvalue weighted by Crippen LogP contribution is -2.05. The van der Waals surface area contributed by atoms with Gasteiger partial charge in [0.2, 0.25) is 0 Å². The zero-order chi connectivity index (χ0) is 13.1. The highest BCUT2D eigenvalue weighted by atomic mass is 32.1. The first-order valence-corrected chi connectivity index (χ1v) is 7.00. The molecule has 0 spiro atoms. The van der Waals surface area contributed by atoms with Crippen LogP contribution in [0.3, 0.4) is 0 Å². The van der Waals surface area contributed by atoms with Crippen LogP contribution in [0.15, 0.2) is 48.8 Å². The predicted octanol–water partition coefficient (Wildman–Crippen LogP) is 2.93. The Morgan fingerprint density at radius 3 is 2.84 bits per heavy atom. The quantitative estimate of drug-likeness (QED) is 0.732. The Morgan fingerprint density at radius 2 is 2.21 bits per heavy atom. The van der Waals surface area contributed by atoms with Crippen LogP contribution in [0.1, 0.15) is 29.1 Å². The number of nitrogens with zero attached hydrogens (tertiary/aromatic N) is 4. The van der Waals surface area contributed by atoms with Gasteiger partial charge in [-0.25, -0.2) is 4.98 Å². The topological polar surface area (TPSA) is 43.6 Å². The smallest absolute Gasteiger partial charge is 0.0951 e. The molecule has 3 heterocycles. The number of thiazole rings is 1. The van der Waals surface area contributed by atoms with Gasteiger partial charge in [-0.15, -0.1) is 11.3 Å². The predicted molar refractivity (Wildman–Crippen MR) is 75.2 cm³/mol. The number of imidazole rings is 1. The Labute approximate surface area is 115 Å². The SMILES string of the molecule is CC(c1ccc(Cc2cncs2)nc1)n1ccnc1. The highest BCUT2D eigenvalue weighted by Crippen LogP contribution is 2.18. The first kappa shape index (κ1) is 12.0. The maximum Gasteiger partial charge on any atom is 0.0951 e. The van der Waals surface area contributed by atoms with Crippen molar-refractivity contribution in [3.63, 3.8) is 0 Å². The molecule has 19 heavy (non-hydrogen) atoms. The van der Waals surface area contributed by atoms with E-state index in [1.807, 2.05) is 30.4 Å². The molecule has 0 aliphatic carbocycles. The van der Waals surface area contributed by atoms with E-state index in [4.69, 9.17) is 0 Å². The van der Waals surface area contributed by atoms with Gasteiger partial charge in [-0.1, -0.05) is 6.07 Å². The Bertz CT molecular complexity index is 614. The van der Waals surface area contributed by atoms with Gasteiger partial charge in [0.1, 0.15) is 0 Å². The summed E-state index contributed by atoms with van der Waals surface area (Å²) in [5.74, 6) is 0. The molecule has 0 radical (unpaired) electrons. The van der Waals surface area contributed by atoms with Gasteiger partial charge >= 0.3 is 0 Å². The fourth-order valence-electron chi connectivity index (χ4n) is 1.97. The van der Waals surface area contributed by atoms with Gasteiger partial charge in [0, 0.05) is 41.8 Å². The Kier molecular flexibility index (Phi) is 3.37. The fourth-order valence-corrected chi connectivity index (χ4v) is 2.58. The van der Waals surface area contributed by atoms with Crippen LogP contribution in [0, 0.1) is 0 Å². The summed E-state index contributed by atoms with van der Waals surface area (Å²) in [7, 11) is 0. The molecule has 96 valence electrons. The maximum absolute atomic E-state index is 4.53. The summed E-state index contributed by atoms with van der Waals surface area (Å²) < 4.78 is 2.07. The Hall–Kier alpha value is -2.01. The van der Waals surface area contributed by atoms with Crippen molar-refractivity contribution in [1.29, 1.82) is 0 Å². The van der Waals surface area contributed by atoms with Crippen LogP contribution in [0.5, 0.6) is 0 Å². The molecule has 3 aromatic rings. The van der Waals surface area contributed by atoms with Crippen molar-refractivity contribution >= 4 is 11.3 Å². The van der Waals surface area contributed by atoms with Crippen molar-refractivity contribution in [3.8, 4) is 0 Å². The van der Waals surface area contributed by atoms with Gasteiger partial charge in [0.05, 0.1) is 17.9 Å². The highest BCUT2D eigenvalue weighted by Gasteiger charge is 2.07. The molecule has 4 nitrogen and oxygen atoms in total. The number of rotatable bonds is 4. The first-order chi connectivity index (χ1) is 9.33. The van der Waals surface area contributed by atoms with E-state index in [9.17, 15) is 0 Å². The van der Waals surface area contributed by atoms with Crippen LogP contribution in [0.4, 0.5) is 0 Å². The van der Waals surface area contributed by atoms with E-state index in [2.05, 4.69) is 38.6 Å². The highest BCUT2D eigenvalue weighted by molar-refractivity contribution is 7.09. The third-order valence-corrected chi connectivity index (χ3v) is 3.92. The van der Waals surface area contributed by atoms with E-state index in [0.29, 0.717) is 0 Å². The van der Waals surface area contributed by atoms with Gasteiger partial charge < -0.3 is 4.57 Å². The Morgan fingerprint density at radius 1 is 1.26 bits per heavy atom. The van der Waals surface area contributed by atoms with Crippen molar-refractivity contribution < 1.29 is 0 Å². The van der Waals surface area contributed by atoms with Crippen molar-refractivity contribution in [2.24, 2.45) is 0 Å². The molecule has 1 unspecified atom stereocenters. The molecular formula is C14H14N4S. The molecule has 0 saturated heterocycles. The summed E-state index contributed by atoms with van der Waals surface area (Å²) in [6, 6.07) is 4.48. The second-order valence-corrected chi connectivity index (χ2v) is 5.38. The van der Waals surface area contributed by atoms with Gasteiger partial charge in [-0.3, -0.25) is 9.97 Å².